The third-order valence-electron chi connectivity index (χ3n) is 18.7. The van der Waals surface area contributed by atoms with Gasteiger partial charge in [-0.05, 0) is 199 Å². The van der Waals surface area contributed by atoms with Gasteiger partial charge in [0.25, 0.3) is 0 Å². The molecule has 0 amide bonds. The van der Waals surface area contributed by atoms with E-state index in [1.165, 1.54) is 36.7 Å². The molecule has 0 spiro atoms. The molecule has 0 saturated heterocycles. The standard InChI is InChI=1S/C23H14ClFN4.C22H13FN4.C22H16N6.C21H11ClFN5/c24-13-3-5-20(25)18(10-13)22-11-17(16-2-1-8-28-23(16)29-22)14-4-6-21(26)19-12-27-9-7-15(14)19;23-19-6-2-1-4-17(19)20-12-18(16-5-3-9-26-22(16)27-20)21-15-8-10-24-13-14(15)7-11-25-21;1-13-4-2-6-18(27-13)19-12-17(16-5-3-9-26-22(16)28-19)20-14-7-11-25-21(23)15(14)8-10-24-20;22-12-3-4-17(23)16(8-12)18-9-15(13-2-1-6-25-21(13)28-18)20-14-5-7-24-10-19(14)26-11-27-20/h1-12H,26H2;1-13H;2-12H,1H3,(H2,23,25);1-11H. The molecule has 4 aromatic carbocycles. The Hall–Kier alpha value is -14.7. The second-order valence-electron chi connectivity index (χ2n) is 25.6. The maximum atomic E-state index is 14.6. The lowest BCUT2D eigenvalue weighted by Gasteiger charge is -2.13. The van der Waals surface area contributed by atoms with Gasteiger partial charge in [-0.3, -0.25) is 29.9 Å². The van der Waals surface area contributed by atoms with Crippen LogP contribution in [0, 0.1) is 24.4 Å². The smallest absolute Gasteiger partial charge is 0.160 e. The van der Waals surface area contributed by atoms with Crippen LogP contribution in [-0.2, 0) is 0 Å². The van der Waals surface area contributed by atoms with E-state index >= 15 is 0 Å². The van der Waals surface area contributed by atoms with E-state index in [1.54, 1.807) is 117 Å². The molecule has 0 aliphatic carbocycles. The van der Waals surface area contributed by atoms with E-state index < -0.39 is 11.6 Å². The molecule has 20 aromatic rings. The summed E-state index contributed by atoms with van der Waals surface area (Å²) in [6.45, 7) is 1.96. The van der Waals surface area contributed by atoms with Gasteiger partial charge in [0, 0.05) is 183 Å². The molecule has 0 fully saturated rings. The molecular formula is C88H54Cl2F3N19. The number of benzene rings is 4. The lowest BCUT2D eigenvalue weighted by Crippen LogP contribution is -1.97. The summed E-state index contributed by atoms with van der Waals surface area (Å²) in [4.78, 5) is 75.4. The quantitative estimate of drug-likeness (QED) is 0.134. The molecule has 4 N–H and O–H groups in total. The first-order chi connectivity index (χ1) is 54.8. The Labute approximate surface area is 644 Å². The highest BCUT2D eigenvalue weighted by Crippen LogP contribution is 2.41. The van der Waals surface area contributed by atoms with Crippen molar-refractivity contribution in [1.82, 2.24) is 84.7 Å². The van der Waals surface area contributed by atoms with Crippen LogP contribution in [0.5, 0.6) is 0 Å². The van der Waals surface area contributed by atoms with Crippen LogP contribution in [0.1, 0.15) is 5.69 Å². The van der Waals surface area contributed by atoms with Crippen molar-refractivity contribution >= 4 is 122 Å². The predicted molar refractivity (Wildman–Crippen MR) is 435 cm³/mol. The van der Waals surface area contributed by atoms with Crippen molar-refractivity contribution in [1.29, 1.82) is 0 Å². The third-order valence-corrected chi connectivity index (χ3v) is 19.1. The molecule has 16 aromatic heterocycles. The van der Waals surface area contributed by atoms with E-state index in [0.29, 0.717) is 83.6 Å². The SMILES string of the molecule is Cc1cccc(-c2cc(-c3nccc4c(N)nccc34)c3cccnc3n2)n1.Fc1ccc(Cl)cc1-c1cc(-c2ncnc3cnccc23)c2cccnc2n1.Fc1ccccc1-c1cc(-c2nccc3cnccc23)c2cccnc2n1.Nc1ccc(-c2cc(-c3cc(Cl)ccc3F)nc3ncccc23)c2ccncc12. The Morgan fingerprint density at radius 2 is 0.777 bits per heavy atom. The maximum absolute atomic E-state index is 14.6. The fourth-order valence-electron chi connectivity index (χ4n) is 13.5. The molecule has 0 aliphatic heterocycles. The van der Waals surface area contributed by atoms with Gasteiger partial charge >= 0.3 is 0 Å². The predicted octanol–water partition coefficient (Wildman–Crippen LogP) is 20.2. The van der Waals surface area contributed by atoms with Gasteiger partial charge in [0.2, 0.25) is 0 Å². The minimum Gasteiger partial charge on any atom is -0.398 e. The van der Waals surface area contributed by atoms with E-state index in [2.05, 4.69) is 79.7 Å². The molecule has 0 radical (unpaired) electrons. The molecule has 19 nitrogen and oxygen atoms in total. The number of nitrogens with two attached hydrogens (primary N) is 2. The Morgan fingerprint density at radius 3 is 1.40 bits per heavy atom. The van der Waals surface area contributed by atoms with Gasteiger partial charge in [-0.15, -0.1) is 0 Å². The monoisotopic (exact) mass is 1500 g/mol. The van der Waals surface area contributed by atoms with Gasteiger partial charge in [0.05, 0.1) is 57.3 Å². The summed E-state index contributed by atoms with van der Waals surface area (Å²) >= 11 is 12.2. The first-order valence-electron chi connectivity index (χ1n) is 34.8. The fourth-order valence-corrected chi connectivity index (χ4v) is 13.8. The van der Waals surface area contributed by atoms with Gasteiger partial charge < -0.3 is 11.5 Å². The van der Waals surface area contributed by atoms with Crippen molar-refractivity contribution in [2.75, 3.05) is 11.5 Å². The number of aromatic nitrogens is 17. The lowest BCUT2D eigenvalue weighted by molar-refractivity contribution is 0.630. The van der Waals surface area contributed by atoms with Gasteiger partial charge in [-0.25, -0.2) is 68.0 Å². The van der Waals surface area contributed by atoms with E-state index in [9.17, 15) is 13.2 Å². The highest BCUT2D eigenvalue weighted by Gasteiger charge is 2.22. The molecular weight excluding hydrogens is 1450 g/mol. The molecule has 112 heavy (non-hydrogen) atoms. The summed E-state index contributed by atoms with van der Waals surface area (Å²) in [5.74, 6) is -0.635. The van der Waals surface area contributed by atoms with Crippen LogP contribution in [0.3, 0.4) is 0 Å². The molecule has 0 atom stereocenters. The van der Waals surface area contributed by atoms with Crippen LogP contribution >= 0.6 is 23.2 Å². The summed E-state index contributed by atoms with van der Waals surface area (Å²) in [6, 6.07) is 59.4. The van der Waals surface area contributed by atoms with Crippen molar-refractivity contribution in [2.45, 2.75) is 6.92 Å². The largest absolute Gasteiger partial charge is 0.398 e. The van der Waals surface area contributed by atoms with E-state index in [1.807, 2.05) is 140 Å². The topological polar surface area (TPSA) is 271 Å². The summed E-state index contributed by atoms with van der Waals surface area (Å²) in [7, 11) is 0. The number of hydrogen-bond donors (Lipinski definition) is 2. The van der Waals surface area contributed by atoms with Crippen molar-refractivity contribution in [3.8, 4) is 90.1 Å². The number of fused-ring (bicyclic) bond motifs is 8. The minimum atomic E-state index is -0.408. The first-order valence-corrected chi connectivity index (χ1v) is 35.6. The molecule has 16 heterocycles. The summed E-state index contributed by atoms with van der Waals surface area (Å²) < 4.78 is 43.4. The first kappa shape index (κ1) is 70.3. The second kappa shape index (κ2) is 30.5. The van der Waals surface area contributed by atoms with Crippen molar-refractivity contribution in [3.05, 3.63) is 320 Å². The van der Waals surface area contributed by atoms with E-state index in [-0.39, 0.29) is 5.82 Å². The number of nitrogen functional groups attached to an aromatic ring is 2. The Balaban J connectivity index is 0.000000108. The van der Waals surface area contributed by atoms with Crippen LogP contribution in [-0.4, -0.2) is 84.7 Å². The van der Waals surface area contributed by atoms with Crippen LogP contribution in [0.25, 0.3) is 177 Å². The molecule has 24 heteroatoms. The number of halogens is 5. The van der Waals surface area contributed by atoms with Crippen molar-refractivity contribution in [3.63, 3.8) is 0 Å². The van der Waals surface area contributed by atoms with Crippen LogP contribution in [0.2, 0.25) is 10.0 Å². The van der Waals surface area contributed by atoms with Crippen LogP contribution in [0.15, 0.2) is 287 Å². The lowest BCUT2D eigenvalue weighted by atomic mass is 9.95. The van der Waals surface area contributed by atoms with Gasteiger partial charge in [-0.2, -0.15) is 0 Å². The van der Waals surface area contributed by atoms with E-state index in [4.69, 9.17) is 39.7 Å². The number of nitrogens with zero attached hydrogens (tertiary/aromatic N) is 17. The number of anilines is 2. The summed E-state index contributed by atoms with van der Waals surface area (Å²) in [5, 5.41) is 10.8. The van der Waals surface area contributed by atoms with Gasteiger partial charge in [0.15, 0.2) is 22.6 Å². The number of pyridine rings is 15. The number of rotatable bonds is 8. The summed E-state index contributed by atoms with van der Waals surface area (Å²) in [5.41, 5.74) is 27.5. The zero-order valence-electron chi connectivity index (χ0n) is 58.8. The molecule has 0 aliphatic rings. The Morgan fingerprint density at radius 1 is 0.286 bits per heavy atom. The van der Waals surface area contributed by atoms with Crippen molar-refractivity contribution < 1.29 is 13.2 Å². The van der Waals surface area contributed by atoms with Crippen LogP contribution in [0.4, 0.5) is 24.7 Å². The summed E-state index contributed by atoms with van der Waals surface area (Å²) in [6.07, 6.45) is 23.8. The third kappa shape index (κ3) is 14.0. The van der Waals surface area contributed by atoms with E-state index in [0.717, 1.165) is 121 Å². The van der Waals surface area contributed by atoms with Gasteiger partial charge in [-0.1, -0.05) is 47.5 Å². The highest BCUT2D eigenvalue weighted by molar-refractivity contribution is 6.31. The average molecular weight is 1510 g/mol. The molecule has 0 saturated carbocycles. The van der Waals surface area contributed by atoms with Crippen LogP contribution < -0.4 is 11.5 Å². The average Bonchev–Trinajstić information content (AvgIpc) is 0.775. The molecule has 0 unspecified atom stereocenters. The molecule has 536 valence electrons. The Kier molecular flexibility index (Phi) is 19.1. The second-order valence-corrected chi connectivity index (χ2v) is 26.4. The number of hydrogen-bond acceptors (Lipinski definition) is 19. The zero-order chi connectivity index (χ0) is 76.3. The molecule has 20 rings (SSSR count). The maximum Gasteiger partial charge on any atom is 0.160 e. The normalized spacial score (nSPS) is 11.2. The zero-order valence-corrected chi connectivity index (χ0v) is 60.3. The number of aryl methyl sites for hydroxylation is 1. The highest BCUT2D eigenvalue weighted by atomic mass is 35.5. The Bertz CT molecular complexity index is 7060. The van der Waals surface area contributed by atoms with Gasteiger partial charge in [0.1, 0.15) is 29.6 Å². The molecule has 0 bridgehead atoms. The van der Waals surface area contributed by atoms with Crippen molar-refractivity contribution in [2.24, 2.45) is 0 Å². The fraction of sp³-hybridized carbons (Fsp3) is 0.0114. The minimum absolute atomic E-state index is 0.307.